The maximum absolute atomic E-state index is 11.6. The largest absolute Gasteiger partial charge is 0.483 e. The van der Waals surface area contributed by atoms with E-state index in [0.717, 1.165) is 5.56 Å². The average molecular weight is 293 g/mol. The lowest BCUT2D eigenvalue weighted by Crippen LogP contribution is -2.32. The number of amides is 1. The topological polar surface area (TPSA) is 92.2 Å². The van der Waals surface area contributed by atoms with Crippen LogP contribution >= 0.6 is 0 Å². The molecule has 1 heterocycles. The van der Waals surface area contributed by atoms with Crippen molar-refractivity contribution in [3.05, 3.63) is 23.8 Å². The van der Waals surface area contributed by atoms with Crippen molar-refractivity contribution in [2.24, 2.45) is 4.99 Å². The molecule has 7 nitrogen and oxygen atoms in total. The van der Waals surface area contributed by atoms with Gasteiger partial charge in [-0.2, -0.15) is 0 Å². The van der Waals surface area contributed by atoms with Gasteiger partial charge >= 0.3 is 6.09 Å². The van der Waals surface area contributed by atoms with Gasteiger partial charge in [0.25, 0.3) is 0 Å². The summed E-state index contributed by atoms with van der Waals surface area (Å²) in [6.07, 6.45) is -0.474. The van der Waals surface area contributed by atoms with Crippen molar-refractivity contribution in [1.29, 1.82) is 0 Å². The highest BCUT2D eigenvalue weighted by molar-refractivity contribution is 5.87. The van der Waals surface area contributed by atoms with Crippen LogP contribution in [0.4, 0.5) is 10.5 Å². The molecule has 0 unspecified atom stereocenters. The summed E-state index contributed by atoms with van der Waals surface area (Å²) in [4.78, 5) is 15.8. The average Bonchev–Trinajstić information content (AvgIpc) is 2.42. The van der Waals surface area contributed by atoms with E-state index in [1.165, 1.54) is 0 Å². The van der Waals surface area contributed by atoms with Crippen LogP contribution in [0, 0.1) is 0 Å². The first kappa shape index (κ1) is 15.1. The molecule has 0 aromatic heterocycles. The summed E-state index contributed by atoms with van der Waals surface area (Å²) in [5.41, 5.74) is 2.90. The van der Waals surface area contributed by atoms with Crippen LogP contribution < -0.4 is 15.5 Å². The molecule has 0 atom stereocenters. The van der Waals surface area contributed by atoms with Crippen LogP contribution in [0.25, 0.3) is 0 Å². The molecule has 114 valence electrons. The van der Waals surface area contributed by atoms with Crippen LogP contribution in [-0.4, -0.2) is 29.3 Å². The number of fused-ring (bicyclic) bond motifs is 1. The van der Waals surface area contributed by atoms with Crippen molar-refractivity contribution >= 4 is 17.6 Å². The first-order valence-corrected chi connectivity index (χ1v) is 6.57. The molecule has 0 saturated carbocycles. The van der Waals surface area contributed by atoms with E-state index in [0.29, 0.717) is 23.8 Å². The van der Waals surface area contributed by atoms with Gasteiger partial charge in [0.2, 0.25) is 0 Å². The van der Waals surface area contributed by atoms with E-state index in [9.17, 15) is 4.79 Å². The Hall–Kier alpha value is -2.28. The molecule has 7 heteroatoms. The van der Waals surface area contributed by atoms with E-state index in [1.807, 2.05) is 11.5 Å². The van der Waals surface area contributed by atoms with Crippen LogP contribution in [0.2, 0.25) is 0 Å². The quantitative estimate of drug-likeness (QED) is 0.726. The van der Waals surface area contributed by atoms with Crippen LogP contribution in [0.15, 0.2) is 23.2 Å². The van der Waals surface area contributed by atoms with Crippen LogP contribution in [0.5, 0.6) is 5.75 Å². The van der Waals surface area contributed by atoms with Gasteiger partial charge in [-0.15, -0.1) is 0 Å². The smallest absolute Gasteiger partial charge is 0.407 e. The first-order valence-electron chi connectivity index (χ1n) is 6.57. The SMILES string of the molecule is CC(C)(C)OC(=O)NCc1ccc2c(c1)N=C(NO)CO2. The number of carbonyl (C=O) groups is 1. The normalized spacial score (nSPS) is 13.6. The fraction of sp³-hybridized carbons (Fsp3) is 0.429. The number of nitrogens with zero attached hydrogens (tertiary/aromatic N) is 1. The minimum atomic E-state index is -0.528. The second kappa shape index (κ2) is 6.01. The van der Waals surface area contributed by atoms with Crippen LogP contribution in [0.1, 0.15) is 26.3 Å². The maximum atomic E-state index is 11.6. The van der Waals surface area contributed by atoms with Crippen molar-refractivity contribution in [2.45, 2.75) is 32.9 Å². The zero-order valence-corrected chi connectivity index (χ0v) is 12.3. The predicted molar refractivity (Wildman–Crippen MR) is 77.0 cm³/mol. The maximum Gasteiger partial charge on any atom is 0.407 e. The van der Waals surface area contributed by atoms with E-state index in [2.05, 4.69) is 10.3 Å². The van der Waals surface area contributed by atoms with Gasteiger partial charge in [0, 0.05) is 6.54 Å². The third-order valence-corrected chi connectivity index (χ3v) is 2.61. The number of carbonyl (C=O) groups excluding carboxylic acids is 1. The summed E-state index contributed by atoms with van der Waals surface area (Å²) in [6.45, 7) is 5.93. The summed E-state index contributed by atoms with van der Waals surface area (Å²) in [5.74, 6) is 0.967. The van der Waals surface area contributed by atoms with Crippen molar-refractivity contribution in [1.82, 2.24) is 10.8 Å². The molecule has 0 radical (unpaired) electrons. The molecule has 1 amide bonds. The first-order chi connectivity index (χ1) is 9.87. The molecule has 1 aliphatic heterocycles. The third-order valence-electron chi connectivity index (χ3n) is 2.61. The van der Waals surface area contributed by atoms with Gasteiger partial charge in [0.15, 0.2) is 5.84 Å². The van der Waals surface area contributed by atoms with Gasteiger partial charge in [-0.3, -0.25) is 10.7 Å². The molecule has 1 aliphatic rings. The Morgan fingerprint density at radius 2 is 2.24 bits per heavy atom. The highest BCUT2D eigenvalue weighted by atomic mass is 16.6. The number of alkyl carbamates (subject to hydrolysis) is 1. The summed E-state index contributed by atoms with van der Waals surface area (Å²) < 4.78 is 10.6. The Bertz CT molecular complexity index is 564. The molecule has 21 heavy (non-hydrogen) atoms. The zero-order chi connectivity index (χ0) is 15.5. The second-order valence-corrected chi connectivity index (χ2v) is 5.62. The van der Waals surface area contributed by atoms with E-state index in [1.54, 1.807) is 32.9 Å². The lowest BCUT2D eigenvalue weighted by molar-refractivity contribution is 0.0523. The fourth-order valence-corrected chi connectivity index (χ4v) is 1.75. The molecular weight excluding hydrogens is 274 g/mol. The Morgan fingerprint density at radius 3 is 2.90 bits per heavy atom. The van der Waals surface area contributed by atoms with Crippen molar-refractivity contribution in [3.8, 4) is 5.75 Å². The Morgan fingerprint density at radius 1 is 1.48 bits per heavy atom. The van der Waals surface area contributed by atoms with Crippen molar-refractivity contribution in [3.63, 3.8) is 0 Å². The molecule has 1 aromatic carbocycles. The van der Waals surface area contributed by atoms with Crippen molar-refractivity contribution < 1.29 is 19.5 Å². The Labute approximate surface area is 122 Å². The predicted octanol–water partition coefficient (Wildman–Crippen LogP) is 2.11. The molecule has 0 saturated heterocycles. The number of nitrogens with one attached hydrogen (secondary N) is 2. The second-order valence-electron chi connectivity index (χ2n) is 5.62. The van der Waals surface area contributed by atoms with Gasteiger partial charge in [-0.1, -0.05) is 6.07 Å². The van der Waals surface area contributed by atoms with E-state index < -0.39 is 11.7 Å². The number of ether oxygens (including phenoxy) is 2. The lowest BCUT2D eigenvalue weighted by Gasteiger charge is -2.20. The van der Waals surface area contributed by atoms with Crippen LogP contribution in [-0.2, 0) is 11.3 Å². The zero-order valence-electron chi connectivity index (χ0n) is 12.3. The van der Waals surface area contributed by atoms with Crippen molar-refractivity contribution in [2.75, 3.05) is 6.61 Å². The fourth-order valence-electron chi connectivity index (χ4n) is 1.75. The molecule has 0 spiro atoms. The van der Waals surface area contributed by atoms with Gasteiger partial charge in [-0.05, 0) is 38.5 Å². The van der Waals surface area contributed by atoms with E-state index in [4.69, 9.17) is 14.7 Å². The summed E-state index contributed by atoms with van der Waals surface area (Å²) in [6, 6.07) is 5.39. The molecule has 0 fully saturated rings. The number of aliphatic imine (C=N–C) groups is 1. The molecule has 0 bridgehead atoms. The number of hydroxylamine groups is 1. The third kappa shape index (κ3) is 4.35. The number of hydrogen-bond acceptors (Lipinski definition) is 6. The Balaban J connectivity index is 2.00. The highest BCUT2D eigenvalue weighted by Gasteiger charge is 2.16. The number of benzene rings is 1. The molecule has 3 N–H and O–H groups in total. The minimum Gasteiger partial charge on any atom is -0.483 e. The van der Waals surface area contributed by atoms with E-state index in [-0.39, 0.29) is 6.61 Å². The minimum absolute atomic E-state index is 0.193. The lowest BCUT2D eigenvalue weighted by atomic mass is 10.1. The number of hydrogen-bond donors (Lipinski definition) is 3. The van der Waals surface area contributed by atoms with Gasteiger partial charge in [-0.25, -0.2) is 9.79 Å². The summed E-state index contributed by atoms with van der Waals surface area (Å²) >= 11 is 0. The standard InChI is InChI=1S/C14H19N3O4/c1-14(2,3)21-13(18)15-7-9-4-5-11-10(6-9)16-12(17-19)8-20-11/h4-6,19H,7-8H2,1-3H3,(H,15,18)(H,16,17). The van der Waals surface area contributed by atoms with Gasteiger partial charge in [0.1, 0.15) is 23.6 Å². The summed E-state index contributed by atoms with van der Waals surface area (Å²) in [5, 5.41) is 11.5. The Kier molecular flexibility index (Phi) is 4.32. The number of amidine groups is 1. The molecule has 2 rings (SSSR count). The highest BCUT2D eigenvalue weighted by Crippen LogP contribution is 2.31. The summed E-state index contributed by atoms with van der Waals surface area (Å²) in [7, 11) is 0. The monoisotopic (exact) mass is 293 g/mol. The molecular formula is C14H19N3O4. The van der Waals surface area contributed by atoms with Crippen LogP contribution in [0.3, 0.4) is 0 Å². The molecule has 1 aromatic rings. The molecule has 0 aliphatic carbocycles. The van der Waals surface area contributed by atoms with Gasteiger partial charge in [0.05, 0.1) is 0 Å². The van der Waals surface area contributed by atoms with Gasteiger partial charge < -0.3 is 14.8 Å². The number of rotatable bonds is 2. The van der Waals surface area contributed by atoms with E-state index >= 15 is 0 Å².